The number of ether oxygens (including phenoxy) is 1. The van der Waals surface area contributed by atoms with Gasteiger partial charge in [0.05, 0.1) is 25.9 Å². The second kappa shape index (κ2) is 16.9. The molecule has 5 nitrogen and oxygen atoms in total. The average molecular weight is 563 g/mol. The van der Waals surface area contributed by atoms with E-state index in [4.69, 9.17) is 18.0 Å². The second-order valence-electron chi connectivity index (χ2n) is 11.5. The van der Waals surface area contributed by atoms with Gasteiger partial charge in [-0.2, -0.15) is 0 Å². The summed E-state index contributed by atoms with van der Waals surface area (Å²) in [4.78, 5) is 12.3. The summed E-state index contributed by atoms with van der Waals surface area (Å²) in [6, 6.07) is 6.54. The van der Waals surface area contributed by atoms with Crippen LogP contribution in [-0.2, 0) is 22.8 Å². The number of esters is 1. The highest BCUT2D eigenvalue weighted by Crippen LogP contribution is 2.44. The lowest BCUT2D eigenvalue weighted by molar-refractivity contribution is -0.141. The van der Waals surface area contributed by atoms with Crippen LogP contribution in [0.2, 0.25) is 52.9 Å². The van der Waals surface area contributed by atoms with Crippen LogP contribution in [0.15, 0.2) is 0 Å². The Morgan fingerprint density at radius 1 is 0.639 bits per heavy atom. The molecule has 0 rings (SSSR count). The van der Waals surface area contributed by atoms with Crippen molar-refractivity contribution in [2.45, 2.75) is 161 Å². The van der Waals surface area contributed by atoms with Crippen molar-refractivity contribution in [3.8, 4) is 0 Å². The van der Waals surface area contributed by atoms with Crippen molar-refractivity contribution in [2.24, 2.45) is 0 Å². The number of rotatable bonds is 20. The first kappa shape index (κ1) is 36.0. The standard InChI is InChI=1S/C28H62O5Si3/c1-14-34(15-2,16-3)31-22-27(33-36(23(7)8,24(9)10)25(11)12)26(20-21-28(29)30-13)32-35(17-4,18-5)19-6/h23-27H,14-22H2,1-13H3/t26-,27+/m0/s1. The van der Waals surface area contributed by atoms with Crippen LogP contribution in [0.4, 0.5) is 0 Å². The predicted octanol–water partition coefficient (Wildman–Crippen LogP) is 8.91. The van der Waals surface area contributed by atoms with Crippen molar-refractivity contribution in [2.75, 3.05) is 13.7 Å². The Balaban J connectivity index is 6.64. The van der Waals surface area contributed by atoms with Gasteiger partial charge >= 0.3 is 5.97 Å². The van der Waals surface area contributed by atoms with Gasteiger partial charge in [0.15, 0.2) is 16.6 Å². The van der Waals surface area contributed by atoms with E-state index >= 15 is 0 Å². The predicted molar refractivity (Wildman–Crippen MR) is 162 cm³/mol. The van der Waals surface area contributed by atoms with E-state index in [1.54, 1.807) is 0 Å². The Kier molecular flexibility index (Phi) is 16.9. The molecule has 0 N–H and O–H groups in total. The normalized spacial score (nSPS) is 15.1. The zero-order valence-corrected chi connectivity index (χ0v) is 29.3. The van der Waals surface area contributed by atoms with Crippen LogP contribution in [0.3, 0.4) is 0 Å². The monoisotopic (exact) mass is 562 g/mol. The molecule has 0 aromatic heterocycles. The summed E-state index contributed by atoms with van der Waals surface area (Å²) < 4.78 is 26.5. The van der Waals surface area contributed by atoms with E-state index in [-0.39, 0.29) is 18.2 Å². The minimum absolute atomic E-state index is 0.156. The molecule has 0 saturated heterocycles. The Morgan fingerprint density at radius 2 is 1.06 bits per heavy atom. The van der Waals surface area contributed by atoms with Crippen LogP contribution in [-0.4, -0.2) is 56.8 Å². The Hall–Kier alpha value is 0.000649. The highest BCUT2D eigenvalue weighted by Gasteiger charge is 2.49. The molecule has 0 aliphatic rings. The number of hydrogen-bond donors (Lipinski definition) is 0. The molecule has 2 atom stereocenters. The van der Waals surface area contributed by atoms with Gasteiger partial charge in [0.2, 0.25) is 8.32 Å². The largest absolute Gasteiger partial charge is 0.469 e. The third-order valence-electron chi connectivity index (χ3n) is 9.16. The minimum atomic E-state index is -2.20. The van der Waals surface area contributed by atoms with Crippen molar-refractivity contribution in [1.82, 2.24) is 0 Å². The van der Waals surface area contributed by atoms with Gasteiger partial charge in [0.25, 0.3) is 0 Å². The molecule has 36 heavy (non-hydrogen) atoms. The first-order chi connectivity index (χ1) is 16.8. The maximum atomic E-state index is 12.3. The molecular weight excluding hydrogens is 501 g/mol. The summed E-state index contributed by atoms with van der Waals surface area (Å²) in [5.41, 5.74) is 1.41. The zero-order chi connectivity index (χ0) is 28.2. The molecule has 0 bridgehead atoms. The highest BCUT2D eigenvalue weighted by molar-refractivity contribution is 6.77. The molecule has 0 aliphatic heterocycles. The summed E-state index contributed by atoms with van der Waals surface area (Å²) >= 11 is 0. The van der Waals surface area contributed by atoms with E-state index in [9.17, 15) is 4.79 Å². The molecule has 0 saturated carbocycles. The Labute approximate surface area is 228 Å². The fraction of sp³-hybridized carbons (Fsp3) is 0.964. The molecule has 0 spiro atoms. The maximum absolute atomic E-state index is 12.3. The van der Waals surface area contributed by atoms with Crippen LogP contribution >= 0.6 is 0 Å². The van der Waals surface area contributed by atoms with Crippen molar-refractivity contribution in [3.05, 3.63) is 0 Å². The summed E-state index contributed by atoms with van der Waals surface area (Å²) in [7, 11) is -4.49. The van der Waals surface area contributed by atoms with E-state index in [2.05, 4.69) is 83.1 Å². The van der Waals surface area contributed by atoms with E-state index in [0.29, 0.717) is 36.1 Å². The molecule has 0 amide bonds. The first-order valence-electron chi connectivity index (χ1n) is 14.9. The number of methoxy groups -OCH3 is 1. The number of carbonyl (C=O) groups is 1. The van der Waals surface area contributed by atoms with Crippen molar-refractivity contribution in [1.29, 1.82) is 0 Å². The molecule has 0 aromatic rings. The van der Waals surface area contributed by atoms with E-state index < -0.39 is 25.0 Å². The van der Waals surface area contributed by atoms with Gasteiger partial charge in [-0.1, -0.05) is 83.1 Å². The lowest BCUT2D eigenvalue weighted by Crippen LogP contribution is -2.56. The van der Waals surface area contributed by atoms with E-state index in [1.165, 1.54) is 7.11 Å². The summed E-state index contributed by atoms with van der Waals surface area (Å²) in [5, 5.41) is 0. The van der Waals surface area contributed by atoms with E-state index in [1.807, 2.05) is 0 Å². The molecule has 0 radical (unpaired) electrons. The van der Waals surface area contributed by atoms with Crippen molar-refractivity contribution >= 4 is 30.9 Å². The lowest BCUT2D eigenvalue weighted by atomic mass is 10.1. The minimum Gasteiger partial charge on any atom is -0.469 e. The quantitative estimate of drug-likeness (QED) is 0.109. The van der Waals surface area contributed by atoms with E-state index in [0.717, 1.165) is 36.3 Å². The third kappa shape index (κ3) is 9.33. The van der Waals surface area contributed by atoms with Gasteiger partial charge < -0.3 is 18.0 Å². The van der Waals surface area contributed by atoms with Crippen LogP contribution in [0.1, 0.15) is 95.9 Å². The van der Waals surface area contributed by atoms with Crippen molar-refractivity contribution < 1.29 is 22.8 Å². The molecule has 0 unspecified atom stereocenters. The molecule has 216 valence electrons. The maximum Gasteiger partial charge on any atom is 0.305 e. The van der Waals surface area contributed by atoms with Crippen molar-refractivity contribution in [3.63, 3.8) is 0 Å². The highest BCUT2D eigenvalue weighted by atomic mass is 28.4. The summed E-state index contributed by atoms with van der Waals surface area (Å²) in [6.07, 6.45) is 0.644. The fourth-order valence-electron chi connectivity index (χ4n) is 6.21. The first-order valence-corrected chi connectivity index (χ1v) is 22.1. The molecule has 0 aromatic carbocycles. The van der Waals surface area contributed by atoms with Gasteiger partial charge in [0, 0.05) is 6.42 Å². The molecular formula is C28H62O5Si3. The van der Waals surface area contributed by atoms with Gasteiger partial charge in [-0.05, 0) is 59.3 Å². The van der Waals surface area contributed by atoms with Gasteiger partial charge in [-0.3, -0.25) is 4.79 Å². The molecule has 8 heteroatoms. The Morgan fingerprint density at radius 3 is 1.39 bits per heavy atom. The summed E-state index contributed by atoms with van der Waals surface area (Å²) in [5.74, 6) is -0.181. The Bertz CT molecular complexity index is 566. The third-order valence-corrected chi connectivity index (χ3v) is 24.6. The smallest absolute Gasteiger partial charge is 0.305 e. The number of hydrogen-bond acceptors (Lipinski definition) is 5. The van der Waals surface area contributed by atoms with Crippen LogP contribution in [0.5, 0.6) is 0 Å². The van der Waals surface area contributed by atoms with Crippen LogP contribution in [0, 0.1) is 0 Å². The topological polar surface area (TPSA) is 54.0 Å². The van der Waals surface area contributed by atoms with Gasteiger partial charge in [-0.15, -0.1) is 0 Å². The van der Waals surface area contributed by atoms with Gasteiger partial charge in [-0.25, -0.2) is 0 Å². The van der Waals surface area contributed by atoms with Crippen LogP contribution < -0.4 is 0 Å². The average Bonchev–Trinajstić information content (AvgIpc) is 2.86. The zero-order valence-electron chi connectivity index (χ0n) is 26.3. The SMILES string of the molecule is CC[Si](CC)(CC)OC[C@@H](O[Si](C(C)C)(C(C)C)C(C)C)[C@H](CCC(=O)OC)O[Si](CC)(CC)CC. The van der Waals surface area contributed by atoms with Crippen LogP contribution in [0.25, 0.3) is 0 Å². The molecule has 0 fully saturated rings. The van der Waals surface area contributed by atoms with Gasteiger partial charge in [0.1, 0.15) is 0 Å². The second-order valence-corrected chi connectivity index (χ2v) is 26.4. The fourth-order valence-corrected chi connectivity index (χ4v) is 17.3. The lowest BCUT2D eigenvalue weighted by Gasteiger charge is -2.47. The molecule has 0 aliphatic carbocycles. The number of carbonyl (C=O) groups excluding carboxylic acids is 1. The summed E-state index contributed by atoms with van der Waals surface area (Å²) in [6.45, 7) is 28.2. The molecule has 0 heterocycles.